The molecule has 4 heteroatoms. The molecule has 2 heterocycles. The molecular weight excluding hydrogens is 194 g/mol. The Hall–Kier alpha value is -0.610. The normalized spacial score (nSPS) is 21.4. The van der Waals surface area contributed by atoms with E-state index in [0.29, 0.717) is 0 Å². The van der Waals surface area contributed by atoms with Gasteiger partial charge in [0.25, 0.3) is 0 Å². The van der Waals surface area contributed by atoms with Crippen LogP contribution in [-0.2, 0) is 6.42 Å². The third-order valence-electron chi connectivity index (χ3n) is 2.62. The first-order chi connectivity index (χ1) is 6.88. The highest BCUT2D eigenvalue weighted by molar-refractivity contribution is 7.13. The summed E-state index contributed by atoms with van der Waals surface area (Å²) in [6, 6.07) is 0. The van der Waals surface area contributed by atoms with Crippen LogP contribution in [0.1, 0.15) is 19.0 Å². The van der Waals surface area contributed by atoms with Gasteiger partial charge in [0.05, 0.1) is 5.69 Å². The molecule has 0 spiro atoms. The Morgan fingerprint density at radius 1 is 1.71 bits per heavy atom. The van der Waals surface area contributed by atoms with E-state index in [4.69, 9.17) is 0 Å². The molecule has 0 bridgehead atoms. The van der Waals surface area contributed by atoms with E-state index >= 15 is 0 Å². The summed E-state index contributed by atoms with van der Waals surface area (Å²) in [6.45, 7) is 5.52. The predicted molar refractivity (Wildman–Crippen MR) is 61.0 cm³/mol. The molecule has 0 aliphatic carbocycles. The third-order valence-corrected chi connectivity index (χ3v) is 3.47. The molecule has 1 aliphatic heterocycles. The number of anilines is 1. The van der Waals surface area contributed by atoms with Gasteiger partial charge in [-0.3, -0.25) is 0 Å². The second-order valence-corrected chi connectivity index (χ2v) is 4.60. The van der Waals surface area contributed by atoms with Crippen molar-refractivity contribution in [1.82, 2.24) is 10.3 Å². The summed E-state index contributed by atoms with van der Waals surface area (Å²) in [5.41, 5.74) is 1.20. The Balaban J connectivity index is 1.79. The summed E-state index contributed by atoms with van der Waals surface area (Å²) >= 11 is 1.71. The van der Waals surface area contributed by atoms with Crippen LogP contribution in [0, 0.1) is 5.92 Å². The molecule has 1 unspecified atom stereocenters. The van der Waals surface area contributed by atoms with Crippen molar-refractivity contribution in [2.24, 2.45) is 5.92 Å². The Morgan fingerprint density at radius 3 is 3.29 bits per heavy atom. The van der Waals surface area contributed by atoms with Crippen LogP contribution in [0.15, 0.2) is 5.38 Å². The van der Waals surface area contributed by atoms with E-state index < -0.39 is 0 Å². The zero-order valence-corrected chi connectivity index (χ0v) is 9.36. The average molecular weight is 211 g/mol. The SMILES string of the molecule is CCc1csc(NCC2CCNC2)n1. The van der Waals surface area contributed by atoms with E-state index in [1.165, 1.54) is 18.7 Å². The Bertz CT molecular complexity index is 279. The van der Waals surface area contributed by atoms with Crippen LogP contribution in [0.3, 0.4) is 0 Å². The molecule has 3 nitrogen and oxygen atoms in total. The van der Waals surface area contributed by atoms with Crippen molar-refractivity contribution in [2.75, 3.05) is 25.0 Å². The monoisotopic (exact) mass is 211 g/mol. The molecule has 0 radical (unpaired) electrons. The quantitative estimate of drug-likeness (QED) is 0.796. The molecule has 2 N–H and O–H groups in total. The van der Waals surface area contributed by atoms with E-state index in [1.54, 1.807) is 11.3 Å². The van der Waals surface area contributed by atoms with Crippen molar-refractivity contribution < 1.29 is 0 Å². The molecule has 1 aromatic rings. The van der Waals surface area contributed by atoms with E-state index in [9.17, 15) is 0 Å². The number of aromatic nitrogens is 1. The van der Waals surface area contributed by atoms with Gasteiger partial charge < -0.3 is 10.6 Å². The fourth-order valence-corrected chi connectivity index (χ4v) is 2.47. The summed E-state index contributed by atoms with van der Waals surface area (Å²) in [5.74, 6) is 0.781. The molecular formula is C10H17N3S. The molecule has 1 fully saturated rings. The van der Waals surface area contributed by atoms with Crippen LogP contribution < -0.4 is 10.6 Å². The van der Waals surface area contributed by atoms with Gasteiger partial charge >= 0.3 is 0 Å². The minimum absolute atomic E-state index is 0.781. The highest BCUT2D eigenvalue weighted by atomic mass is 32.1. The summed E-state index contributed by atoms with van der Waals surface area (Å²) in [7, 11) is 0. The van der Waals surface area contributed by atoms with Crippen LogP contribution in [0.5, 0.6) is 0 Å². The van der Waals surface area contributed by atoms with Crippen LogP contribution in [-0.4, -0.2) is 24.6 Å². The maximum Gasteiger partial charge on any atom is 0.182 e. The number of hydrogen-bond acceptors (Lipinski definition) is 4. The van der Waals surface area contributed by atoms with Crippen molar-refractivity contribution in [3.8, 4) is 0 Å². The minimum Gasteiger partial charge on any atom is -0.361 e. The smallest absolute Gasteiger partial charge is 0.182 e. The molecule has 0 aromatic carbocycles. The first-order valence-corrected chi connectivity index (χ1v) is 6.15. The van der Waals surface area contributed by atoms with Crippen LogP contribution in [0.2, 0.25) is 0 Å². The molecule has 0 amide bonds. The maximum atomic E-state index is 4.48. The largest absolute Gasteiger partial charge is 0.361 e. The van der Waals surface area contributed by atoms with E-state index in [2.05, 4.69) is 27.9 Å². The number of nitrogens with one attached hydrogen (secondary N) is 2. The van der Waals surface area contributed by atoms with Gasteiger partial charge in [-0.15, -0.1) is 11.3 Å². The Labute approximate surface area is 88.9 Å². The molecule has 1 aromatic heterocycles. The predicted octanol–water partition coefficient (Wildman–Crippen LogP) is 1.73. The lowest BCUT2D eigenvalue weighted by atomic mass is 10.1. The van der Waals surface area contributed by atoms with Gasteiger partial charge in [0.15, 0.2) is 5.13 Å². The second kappa shape index (κ2) is 4.75. The highest BCUT2D eigenvalue weighted by Gasteiger charge is 2.14. The third kappa shape index (κ3) is 2.45. The van der Waals surface area contributed by atoms with E-state index in [0.717, 1.165) is 30.6 Å². The lowest BCUT2D eigenvalue weighted by Crippen LogP contribution is -2.17. The first kappa shape index (κ1) is 9.93. The van der Waals surface area contributed by atoms with Crippen molar-refractivity contribution >= 4 is 16.5 Å². The molecule has 78 valence electrons. The van der Waals surface area contributed by atoms with Crippen LogP contribution in [0.4, 0.5) is 5.13 Å². The average Bonchev–Trinajstić information content (AvgIpc) is 2.86. The fraction of sp³-hybridized carbons (Fsp3) is 0.700. The van der Waals surface area contributed by atoms with Crippen LogP contribution >= 0.6 is 11.3 Å². The Morgan fingerprint density at radius 2 is 2.64 bits per heavy atom. The van der Waals surface area contributed by atoms with Gasteiger partial charge in [0, 0.05) is 11.9 Å². The van der Waals surface area contributed by atoms with Crippen molar-refractivity contribution in [1.29, 1.82) is 0 Å². The van der Waals surface area contributed by atoms with Gasteiger partial charge in [-0.05, 0) is 31.8 Å². The summed E-state index contributed by atoms with van der Waals surface area (Å²) in [6.07, 6.45) is 2.32. The maximum absolute atomic E-state index is 4.48. The molecule has 0 saturated carbocycles. The topological polar surface area (TPSA) is 37.0 Å². The standard InChI is InChI=1S/C10H17N3S/c1-2-9-7-14-10(13-9)12-6-8-3-4-11-5-8/h7-8,11H,2-6H2,1H3,(H,12,13). The number of nitrogens with zero attached hydrogens (tertiary/aromatic N) is 1. The minimum atomic E-state index is 0.781. The zero-order valence-electron chi connectivity index (χ0n) is 8.55. The fourth-order valence-electron chi connectivity index (χ4n) is 1.67. The Kier molecular flexibility index (Phi) is 3.37. The number of rotatable bonds is 4. The van der Waals surface area contributed by atoms with E-state index in [-0.39, 0.29) is 0 Å². The number of aryl methyl sites for hydroxylation is 1. The zero-order chi connectivity index (χ0) is 9.80. The lowest BCUT2D eigenvalue weighted by Gasteiger charge is -2.07. The summed E-state index contributed by atoms with van der Waals surface area (Å²) < 4.78 is 0. The highest BCUT2D eigenvalue weighted by Crippen LogP contribution is 2.17. The van der Waals surface area contributed by atoms with Gasteiger partial charge in [-0.1, -0.05) is 6.92 Å². The molecule has 1 saturated heterocycles. The van der Waals surface area contributed by atoms with Crippen molar-refractivity contribution in [3.63, 3.8) is 0 Å². The van der Waals surface area contributed by atoms with Gasteiger partial charge in [-0.25, -0.2) is 4.98 Å². The summed E-state index contributed by atoms with van der Waals surface area (Å²) in [5, 5.41) is 9.99. The molecule has 2 rings (SSSR count). The second-order valence-electron chi connectivity index (χ2n) is 3.74. The van der Waals surface area contributed by atoms with Gasteiger partial charge in [0.2, 0.25) is 0 Å². The van der Waals surface area contributed by atoms with Crippen molar-refractivity contribution in [2.45, 2.75) is 19.8 Å². The molecule has 1 aliphatic rings. The molecule has 1 atom stereocenters. The van der Waals surface area contributed by atoms with Gasteiger partial charge in [0.1, 0.15) is 0 Å². The lowest BCUT2D eigenvalue weighted by molar-refractivity contribution is 0.615. The summed E-state index contributed by atoms with van der Waals surface area (Å²) in [4.78, 5) is 4.48. The number of hydrogen-bond donors (Lipinski definition) is 2. The van der Waals surface area contributed by atoms with Gasteiger partial charge in [-0.2, -0.15) is 0 Å². The van der Waals surface area contributed by atoms with Crippen LogP contribution in [0.25, 0.3) is 0 Å². The number of thiazole rings is 1. The molecule has 14 heavy (non-hydrogen) atoms. The first-order valence-electron chi connectivity index (χ1n) is 5.27. The van der Waals surface area contributed by atoms with E-state index in [1.807, 2.05) is 0 Å². The van der Waals surface area contributed by atoms with Crippen molar-refractivity contribution in [3.05, 3.63) is 11.1 Å².